The van der Waals surface area contributed by atoms with Crippen LogP contribution in [0.15, 0.2) is 30.5 Å². The Bertz CT molecular complexity index is 509. The van der Waals surface area contributed by atoms with E-state index in [2.05, 4.69) is 22.6 Å². The molecule has 0 aliphatic rings. The molecule has 0 spiro atoms. The van der Waals surface area contributed by atoms with Gasteiger partial charge in [0, 0.05) is 18.5 Å². The van der Waals surface area contributed by atoms with E-state index < -0.39 is 0 Å². The standard InChI is InChI=1S/C13H18N4O/c1-10(14-2)7-12-9-15-16-17(12)11-5-4-6-13(8-11)18-3/h4-6,8-10,14H,7H2,1-3H3. The summed E-state index contributed by atoms with van der Waals surface area (Å²) in [6.07, 6.45) is 2.67. The van der Waals surface area contributed by atoms with Gasteiger partial charge in [-0.25, -0.2) is 4.68 Å². The van der Waals surface area contributed by atoms with Crippen molar-refractivity contribution >= 4 is 0 Å². The van der Waals surface area contributed by atoms with Gasteiger partial charge < -0.3 is 10.1 Å². The maximum Gasteiger partial charge on any atom is 0.121 e. The minimum absolute atomic E-state index is 0.382. The molecule has 5 nitrogen and oxygen atoms in total. The van der Waals surface area contributed by atoms with E-state index in [1.165, 1.54) is 0 Å². The highest BCUT2D eigenvalue weighted by atomic mass is 16.5. The Kier molecular flexibility index (Phi) is 3.94. The highest BCUT2D eigenvalue weighted by molar-refractivity contribution is 5.39. The van der Waals surface area contributed by atoms with E-state index in [-0.39, 0.29) is 0 Å². The molecule has 2 rings (SSSR count). The van der Waals surface area contributed by atoms with E-state index >= 15 is 0 Å². The Morgan fingerprint density at radius 3 is 3.00 bits per heavy atom. The van der Waals surface area contributed by atoms with Crippen molar-refractivity contribution in [2.75, 3.05) is 14.2 Å². The van der Waals surface area contributed by atoms with E-state index in [0.717, 1.165) is 23.6 Å². The summed E-state index contributed by atoms with van der Waals surface area (Å²) < 4.78 is 7.06. The number of ether oxygens (including phenoxy) is 1. The first-order chi connectivity index (χ1) is 8.74. The third-order valence-corrected chi connectivity index (χ3v) is 2.93. The maximum atomic E-state index is 5.22. The number of aromatic nitrogens is 3. The van der Waals surface area contributed by atoms with Gasteiger partial charge in [-0.1, -0.05) is 11.3 Å². The zero-order valence-corrected chi connectivity index (χ0v) is 10.9. The summed E-state index contributed by atoms with van der Waals surface area (Å²) in [5.41, 5.74) is 2.04. The Labute approximate surface area is 107 Å². The van der Waals surface area contributed by atoms with Crippen molar-refractivity contribution in [2.45, 2.75) is 19.4 Å². The van der Waals surface area contributed by atoms with Gasteiger partial charge in [-0.3, -0.25) is 0 Å². The maximum absolute atomic E-state index is 5.22. The number of hydrogen-bond acceptors (Lipinski definition) is 4. The predicted molar refractivity (Wildman–Crippen MR) is 70.1 cm³/mol. The molecule has 1 aromatic heterocycles. The normalized spacial score (nSPS) is 12.4. The molecule has 5 heteroatoms. The molecule has 1 unspecified atom stereocenters. The van der Waals surface area contributed by atoms with Gasteiger partial charge >= 0.3 is 0 Å². The summed E-state index contributed by atoms with van der Waals surface area (Å²) in [6, 6.07) is 8.18. The Balaban J connectivity index is 2.30. The van der Waals surface area contributed by atoms with Crippen LogP contribution in [-0.4, -0.2) is 35.2 Å². The van der Waals surface area contributed by atoms with Gasteiger partial charge in [0.25, 0.3) is 0 Å². The number of benzene rings is 1. The summed E-state index contributed by atoms with van der Waals surface area (Å²) in [7, 11) is 3.61. The molecule has 0 radical (unpaired) electrons. The van der Waals surface area contributed by atoms with Crippen molar-refractivity contribution in [1.82, 2.24) is 20.3 Å². The molecular formula is C13H18N4O. The van der Waals surface area contributed by atoms with Crippen LogP contribution >= 0.6 is 0 Å². The number of hydrogen-bond donors (Lipinski definition) is 1. The van der Waals surface area contributed by atoms with E-state index in [0.29, 0.717) is 6.04 Å². The smallest absolute Gasteiger partial charge is 0.121 e. The highest BCUT2D eigenvalue weighted by Gasteiger charge is 2.09. The quantitative estimate of drug-likeness (QED) is 0.867. The molecule has 1 heterocycles. The largest absolute Gasteiger partial charge is 0.497 e. The molecule has 0 bridgehead atoms. The van der Waals surface area contributed by atoms with Crippen molar-refractivity contribution in [2.24, 2.45) is 0 Å². The topological polar surface area (TPSA) is 52.0 Å². The molecule has 1 atom stereocenters. The van der Waals surface area contributed by atoms with Crippen LogP contribution < -0.4 is 10.1 Å². The second-order valence-corrected chi connectivity index (χ2v) is 4.23. The van der Waals surface area contributed by atoms with Gasteiger partial charge in [-0.05, 0) is 26.1 Å². The first kappa shape index (κ1) is 12.6. The average molecular weight is 246 g/mol. The Morgan fingerprint density at radius 2 is 2.28 bits per heavy atom. The lowest BCUT2D eigenvalue weighted by Gasteiger charge is -2.11. The Hall–Kier alpha value is -1.88. The van der Waals surface area contributed by atoms with Crippen LogP contribution in [0, 0.1) is 0 Å². The van der Waals surface area contributed by atoms with Crippen molar-refractivity contribution in [3.8, 4) is 11.4 Å². The Morgan fingerprint density at radius 1 is 1.44 bits per heavy atom. The van der Waals surface area contributed by atoms with Crippen LogP contribution in [0.4, 0.5) is 0 Å². The zero-order chi connectivity index (χ0) is 13.0. The molecule has 2 aromatic rings. The fraction of sp³-hybridized carbons (Fsp3) is 0.385. The van der Waals surface area contributed by atoms with Crippen molar-refractivity contribution in [3.05, 3.63) is 36.2 Å². The summed E-state index contributed by atoms with van der Waals surface area (Å²) >= 11 is 0. The van der Waals surface area contributed by atoms with Gasteiger partial charge in [-0.2, -0.15) is 0 Å². The highest BCUT2D eigenvalue weighted by Crippen LogP contribution is 2.17. The van der Waals surface area contributed by atoms with Crippen LogP contribution in [0.5, 0.6) is 5.75 Å². The predicted octanol–water partition coefficient (Wildman–Crippen LogP) is 1.43. The first-order valence-electron chi connectivity index (χ1n) is 5.96. The first-order valence-corrected chi connectivity index (χ1v) is 5.96. The molecule has 0 aliphatic heterocycles. The monoisotopic (exact) mass is 246 g/mol. The van der Waals surface area contributed by atoms with Gasteiger partial charge in [-0.15, -0.1) is 5.10 Å². The lowest BCUT2D eigenvalue weighted by atomic mass is 10.2. The van der Waals surface area contributed by atoms with Gasteiger partial charge in [0.2, 0.25) is 0 Å². The van der Waals surface area contributed by atoms with Gasteiger partial charge in [0.1, 0.15) is 5.75 Å². The molecule has 96 valence electrons. The molecule has 0 saturated carbocycles. The fourth-order valence-corrected chi connectivity index (χ4v) is 1.77. The second-order valence-electron chi connectivity index (χ2n) is 4.23. The van der Waals surface area contributed by atoms with E-state index in [4.69, 9.17) is 4.74 Å². The molecular weight excluding hydrogens is 228 g/mol. The van der Waals surface area contributed by atoms with Crippen molar-refractivity contribution in [3.63, 3.8) is 0 Å². The SMILES string of the molecule is CNC(C)Cc1cnnn1-c1cccc(OC)c1. The van der Waals surface area contributed by atoms with Crippen LogP contribution in [0.2, 0.25) is 0 Å². The molecule has 0 saturated heterocycles. The third kappa shape index (κ3) is 2.68. The minimum Gasteiger partial charge on any atom is -0.497 e. The van der Waals surface area contributed by atoms with E-state index in [9.17, 15) is 0 Å². The number of methoxy groups -OCH3 is 1. The zero-order valence-electron chi connectivity index (χ0n) is 10.9. The number of nitrogens with one attached hydrogen (secondary N) is 1. The van der Waals surface area contributed by atoms with Crippen LogP contribution in [0.1, 0.15) is 12.6 Å². The van der Waals surface area contributed by atoms with Crippen LogP contribution in [0.3, 0.4) is 0 Å². The van der Waals surface area contributed by atoms with Crippen molar-refractivity contribution < 1.29 is 4.74 Å². The van der Waals surface area contributed by atoms with Crippen LogP contribution in [-0.2, 0) is 6.42 Å². The van der Waals surface area contributed by atoms with Crippen molar-refractivity contribution in [1.29, 1.82) is 0 Å². The molecule has 0 aliphatic carbocycles. The summed E-state index contributed by atoms with van der Waals surface area (Å²) in [5, 5.41) is 11.3. The number of nitrogens with zero attached hydrogens (tertiary/aromatic N) is 3. The van der Waals surface area contributed by atoms with Crippen LogP contribution in [0.25, 0.3) is 5.69 Å². The minimum atomic E-state index is 0.382. The van der Waals surface area contributed by atoms with Gasteiger partial charge in [0.05, 0.1) is 24.7 Å². The molecule has 1 N–H and O–H groups in total. The lowest BCUT2D eigenvalue weighted by molar-refractivity contribution is 0.414. The fourth-order valence-electron chi connectivity index (χ4n) is 1.77. The van der Waals surface area contributed by atoms with E-state index in [1.54, 1.807) is 13.3 Å². The average Bonchev–Trinajstić information content (AvgIpc) is 2.86. The molecule has 0 amide bonds. The molecule has 0 fully saturated rings. The summed E-state index contributed by atoms with van der Waals surface area (Å²) in [5.74, 6) is 0.815. The third-order valence-electron chi connectivity index (χ3n) is 2.93. The summed E-state index contributed by atoms with van der Waals surface area (Å²) in [4.78, 5) is 0. The number of rotatable bonds is 5. The lowest BCUT2D eigenvalue weighted by Crippen LogP contribution is -2.24. The second kappa shape index (κ2) is 5.64. The molecule has 18 heavy (non-hydrogen) atoms. The number of likely N-dealkylation sites (N-methyl/N-ethyl adjacent to an activating group) is 1. The summed E-state index contributed by atoms with van der Waals surface area (Å²) in [6.45, 7) is 2.13. The van der Waals surface area contributed by atoms with Gasteiger partial charge in [0.15, 0.2) is 0 Å². The van der Waals surface area contributed by atoms with E-state index in [1.807, 2.05) is 36.0 Å². The molecule has 1 aromatic carbocycles.